The summed E-state index contributed by atoms with van der Waals surface area (Å²) in [6.45, 7) is 12.9. The number of allylic oxidation sites excluding steroid dienone is 1. The Morgan fingerprint density at radius 2 is 1.16 bits per heavy atom. The Labute approximate surface area is 300 Å². The predicted octanol–water partition coefficient (Wildman–Crippen LogP) is 11.1. The maximum Gasteiger partial charge on any atom is 0.135 e. The van der Waals surface area contributed by atoms with Crippen LogP contribution in [0.2, 0.25) is 0 Å². The first-order valence-electron chi connectivity index (χ1n) is 16.9. The molecule has 8 rings (SSSR count). The largest absolute Gasteiger partial charge is 0.456 e. The van der Waals surface area contributed by atoms with Crippen molar-refractivity contribution in [1.29, 1.82) is 5.41 Å². The van der Waals surface area contributed by atoms with Crippen molar-refractivity contribution in [2.75, 3.05) is 0 Å². The van der Waals surface area contributed by atoms with E-state index < -0.39 is 0 Å². The molecule has 51 heavy (non-hydrogen) atoms. The molecule has 6 aromatic carbocycles. The highest BCUT2D eigenvalue weighted by molar-refractivity contribution is 6.04. The number of fused-ring (bicyclic) bond motifs is 4. The van der Waals surface area contributed by atoms with Crippen molar-refractivity contribution >= 4 is 51.8 Å². The summed E-state index contributed by atoms with van der Waals surface area (Å²) in [7, 11) is 0. The fourth-order valence-electron chi connectivity index (χ4n) is 5.95. The van der Waals surface area contributed by atoms with E-state index in [4.69, 9.17) is 20.0 Å². The summed E-state index contributed by atoms with van der Waals surface area (Å²) in [5, 5.41) is 10.1. The average Bonchev–Trinajstić information content (AvgIpc) is 3.73. The predicted molar refractivity (Wildman–Crippen MR) is 219 cm³/mol. The molecule has 2 aromatic heterocycles. The molecule has 0 bridgehead atoms. The SMILES string of the molecule is C=C/C=c1\c(=C/C)oc2cc(CN)ccc12.C=N.Cc1ccc2c(c1)oc1ccccc12.Cc1cccc(-c2ccc(-c3ccccc3)cc2)c1. The van der Waals surface area contributed by atoms with Crippen LogP contribution in [0.3, 0.4) is 0 Å². The number of furan rings is 2. The number of hydrogen-bond donors (Lipinski definition) is 2. The van der Waals surface area contributed by atoms with Crippen molar-refractivity contribution in [2.24, 2.45) is 5.73 Å². The van der Waals surface area contributed by atoms with E-state index in [0.29, 0.717) is 6.54 Å². The van der Waals surface area contributed by atoms with Gasteiger partial charge in [-0.05, 0) is 85.1 Å². The van der Waals surface area contributed by atoms with Gasteiger partial charge in [0, 0.05) is 27.9 Å². The number of benzene rings is 6. The Morgan fingerprint density at radius 3 is 1.84 bits per heavy atom. The zero-order valence-electron chi connectivity index (χ0n) is 29.5. The fourth-order valence-corrected chi connectivity index (χ4v) is 5.95. The highest BCUT2D eigenvalue weighted by Gasteiger charge is 2.05. The normalized spacial score (nSPS) is 11.3. The molecule has 0 radical (unpaired) electrons. The molecule has 8 aromatic rings. The zero-order valence-corrected chi connectivity index (χ0v) is 29.5. The van der Waals surface area contributed by atoms with Crippen molar-refractivity contribution in [2.45, 2.75) is 27.3 Å². The minimum absolute atomic E-state index is 0.530. The van der Waals surface area contributed by atoms with Crippen LogP contribution in [0.5, 0.6) is 0 Å². The minimum atomic E-state index is 0.530. The van der Waals surface area contributed by atoms with Gasteiger partial charge in [-0.25, -0.2) is 0 Å². The van der Waals surface area contributed by atoms with Gasteiger partial charge < -0.3 is 20.0 Å². The standard InChI is InChI=1S/C19H16.C14H15NO.C13H10O.CH3N/c1-15-6-5-9-19(14-15)18-12-10-17(11-13-18)16-7-3-2-4-8-16;1-3-5-11-12-7-6-10(9-15)8-14(12)16-13(11)4-2;1-9-6-7-11-10-4-2-3-5-12(10)14-13(11)8-9;1-2/h2-14H,1H3;3-8H,1,9,15H2,2H3;2-8H,1H3;2H,1H2/b;11-5-,13-4+;;. The van der Waals surface area contributed by atoms with Crippen molar-refractivity contribution in [3.05, 3.63) is 180 Å². The molecule has 0 spiro atoms. The second-order valence-electron chi connectivity index (χ2n) is 12.0. The number of aryl methyl sites for hydroxylation is 2. The van der Waals surface area contributed by atoms with Crippen LogP contribution in [0, 0.1) is 19.3 Å². The molecule has 0 fully saturated rings. The summed E-state index contributed by atoms with van der Waals surface area (Å²) < 4.78 is 11.5. The molecule has 4 heteroatoms. The second-order valence-corrected chi connectivity index (χ2v) is 12.0. The third kappa shape index (κ3) is 8.69. The van der Waals surface area contributed by atoms with Crippen LogP contribution in [0.1, 0.15) is 23.6 Å². The quantitative estimate of drug-likeness (QED) is 0.183. The molecule has 0 saturated heterocycles. The lowest BCUT2D eigenvalue weighted by atomic mass is 9.99. The van der Waals surface area contributed by atoms with Gasteiger partial charge in [-0.1, -0.05) is 146 Å². The topological polar surface area (TPSA) is 76.2 Å². The summed E-state index contributed by atoms with van der Waals surface area (Å²) in [5.41, 5.74) is 18.0. The van der Waals surface area contributed by atoms with Crippen molar-refractivity contribution in [3.63, 3.8) is 0 Å². The Kier molecular flexibility index (Phi) is 12.3. The Hall–Kier alpha value is -6.23. The molecule has 0 unspecified atom stereocenters. The molecule has 0 aliphatic carbocycles. The van der Waals surface area contributed by atoms with Crippen LogP contribution >= 0.6 is 0 Å². The number of rotatable bonds is 4. The van der Waals surface area contributed by atoms with E-state index in [-0.39, 0.29) is 0 Å². The van der Waals surface area contributed by atoms with E-state index in [0.717, 1.165) is 38.3 Å². The highest BCUT2D eigenvalue weighted by atomic mass is 16.3. The maximum atomic E-state index is 5.75. The van der Waals surface area contributed by atoms with Crippen LogP contribution in [0.15, 0.2) is 161 Å². The van der Waals surface area contributed by atoms with Gasteiger partial charge in [-0.3, -0.25) is 0 Å². The smallest absolute Gasteiger partial charge is 0.135 e. The lowest BCUT2D eigenvalue weighted by Gasteiger charge is -2.05. The molecule has 0 aliphatic heterocycles. The molecular weight excluding hydrogens is 625 g/mol. The highest BCUT2D eigenvalue weighted by Crippen LogP contribution is 2.29. The van der Waals surface area contributed by atoms with E-state index in [9.17, 15) is 0 Å². The molecule has 0 aliphatic rings. The Balaban J connectivity index is 0.000000146. The van der Waals surface area contributed by atoms with Gasteiger partial charge in [-0.2, -0.15) is 0 Å². The summed E-state index contributed by atoms with van der Waals surface area (Å²) in [5.74, 6) is 0. The van der Waals surface area contributed by atoms with E-state index in [1.807, 2.05) is 61.5 Å². The first kappa shape index (κ1) is 36.1. The Bertz CT molecular complexity index is 2490. The van der Waals surface area contributed by atoms with Gasteiger partial charge in [0.15, 0.2) is 0 Å². The maximum absolute atomic E-state index is 5.75. The van der Waals surface area contributed by atoms with Crippen molar-refractivity contribution in [3.8, 4) is 22.3 Å². The third-order valence-corrected chi connectivity index (χ3v) is 8.48. The molecule has 0 saturated carbocycles. The van der Waals surface area contributed by atoms with Crippen molar-refractivity contribution in [1.82, 2.24) is 0 Å². The lowest BCUT2D eigenvalue weighted by Crippen LogP contribution is -2.18. The van der Waals surface area contributed by atoms with Crippen molar-refractivity contribution < 1.29 is 8.83 Å². The first-order chi connectivity index (χ1) is 25.0. The molecule has 2 heterocycles. The van der Waals surface area contributed by atoms with Gasteiger partial charge in [0.05, 0.1) is 0 Å². The minimum Gasteiger partial charge on any atom is -0.456 e. The Morgan fingerprint density at radius 1 is 0.569 bits per heavy atom. The van der Waals surface area contributed by atoms with Gasteiger partial charge >= 0.3 is 0 Å². The van der Waals surface area contributed by atoms with Gasteiger partial charge in [0.2, 0.25) is 0 Å². The molecule has 0 atom stereocenters. The van der Waals surface area contributed by atoms with Crippen LogP contribution in [0.25, 0.3) is 67.3 Å². The molecule has 4 nitrogen and oxygen atoms in total. The number of nitrogens with one attached hydrogen (secondary N) is 1. The number of nitrogens with two attached hydrogens (primary N) is 1. The molecule has 0 amide bonds. The summed E-state index contributed by atoms with van der Waals surface area (Å²) in [6, 6.07) is 48.4. The van der Waals surface area contributed by atoms with E-state index >= 15 is 0 Å². The van der Waals surface area contributed by atoms with Gasteiger partial charge in [0.25, 0.3) is 0 Å². The fraction of sp³-hybridized carbons (Fsp3) is 0.0851. The van der Waals surface area contributed by atoms with Crippen LogP contribution in [0.4, 0.5) is 0 Å². The number of para-hydroxylation sites is 1. The zero-order chi connectivity index (χ0) is 36.2. The second kappa shape index (κ2) is 17.4. The average molecular weight is 669 g/mol. The van der Waals surface area contributed by atoms with Crippen LogP contribution < -0.4 is 16.4 Å². The first-order valence-corrected chi connectivity index (χ1v) is 16.9. The molecule has 3 N–H and O–H groups in total. The monoisotopic (exact) mass is 668 g/mol. The number of hydrogen-bond acceptors (Lipinski definition) is 4. The summed E-state index contributed by atoms with van der Waals surface area (Å²) in [6.07, 6.45) is 5.69. The van der Waals surface area contributed by atoms with Gasteiger partial charge in [-0.15, -0.1) is 0 Å². The molecular formula is C47H44N2O2. The summed E-state index contributed by atoms with van der Waals surface area (Å²) >= 11 is 0. The van der Waals surface area contributed by atoms with Gasteiger partial charge in [0.1, 0.15) is 22.2 Å². The third-order valence-electron chi connectivity index (χ3n) is 8.48. The van der Waals surface area contributed by atoms with Crippen LogP contribution in [-0.2, 0) is 6.54 Å². The molecule has 254 valence electrons. The van der Waals surface area contributed by atoms with Crippen LogP contribution in [-0.4, -0.2) is 6.72 Å². The van der Waals surface area contributed by atoms with E-state index in [2.05, 4.69) is 124 Å². The van der Waals surface area contributed by atoms with E-state index in [1.54, 1.807) is 6.08 Å². The lowest BCUT2D eigenvalue weighted by molar-refractivity contribution is 0.574. The van der Waals surface area contributed by atoms with E-state index in [1.165, 1.54) is 44.2 Å². The summed E-state index contributed by atoms with van der Waals surface area (Å²) in [4.78, 5) is 0.